The highest BCUT2D eigenvalue weighted by atomic mass is 19.1. The minimum atomic E-state index is -1.36. The quantitative estimate of drug-likeness (QED) is 0.246. The fourth-order valence-corrected chi connectivity index (χ4v) is 7.02. The largest absolute Gasteiger partial charge is 0.493 e. The van der Waals surface area contributed by atoms with Crippen molar-refractivity contribution in [3.8, 4) is 11.5 Å². The molecule has 0 radical (unpaired) electrons. The van der Waals surface area contributed by atoms with Crippen molar-refractivity contribution >= 4 is 28.2 Å². The lowest BCUT2D eigenvalue weighted by Crippen LogP contribution is -2.42. The predicted octanol–water partition coefficient (Wildman–Crippen LogP) is 5.65. The van der Waals surface area contributed by atoms with E-state index in [9.17, 15) is 14.7 Å². The van der Waals surface area contributed by atoms with Gasteiger partial charge in [0.15, 0.2) is 11.6 Å². The third-order valence-corrected chi connectivity index (χ3v) is 9.20. The number of rotatable bonds is 7. The summed E-state index contributed by atoms with van der Waals surface area (Å²) in [5.74, 6) is -1.05. The number of benzene rings is 3. The standard InChI is InChI=1S/C33H32FN3O5/c34-26-27(35)25-29-31(42-18-33(12-4-5-13-33)37(29)17-23(30(25)38)32(39)40)28(26)36-14-10-22(19-6-2-1-3-7-19)21-9-8-20-11-15-41-24(20)16-21/h1-3,6-9,16-17,22,36H,4-5,10-15,18,35H2,(H,39,40). The number of nitrogens with zero attached hydrogens (tertiary/aromatic N) is 1. The maximum Gasteiger partial charge on any atom is 0.341 e. The van der Waals surface area contributed by atoms with Crippen LogP contribution in [0.4, 0.5) is 15.8 Å². The van der Waals surface area contributed by atoms with Crippen LogP contribution < -0.4 is 26.0 Å². The molecule has 1 atom stereocenters. The van der Waals surface area contributed by atoms with E-state index in [-0.39, 0.29) is 35.0 Å². The van der Waals surface area contributed by atoms with Crippen molar-refractivity contribution in [3.63, 3.8) is 0 Å². The van der Waals surface area contributed by atoms with E-state index in [1.807, 2.05) is 22.8 Å². The average Bonchev–Trinajstić information content (AvgIpc) is 3.67. The first-order valence-electron chi connectivity index (χ1n) is 14.5. The highest BCUT2D eigenvalue weighted by Crippen LogP contribution is 2.49. The number of pyridine rings is 1. The summed E-state index contributed by atoms with van der Waals surface area (Å²) >= 11 is 0. The fraction of sp³-hybridized carbons (Fsp3) is 0.333. The number of anilines is 2. The zero-order valence-electron chi connectivity index (χ0n) is 23.1. The lowest BCUT2D eigenvalue weighted by atomic mass is 9.87. The van der Waals surface area contributed by atoms with Gasteiger partial charge < -0.3 is 30.2 Å². The molecule has 1 aliphatic carbocycles. The summed E-state index contributed by atoms with van der Waals surface area (Å²) in [5, 5.41) is 12.9. The second-order valence-corrected chi connectivity index (χ2v) is 11.6. The average molecular weight is 570 g/mol. The van der Waals surface area contributed by atoms with Gasteiger partial charge in [0.25, 0.3) is 0 Å². The van der Waals surface area contributed by atoms with Crippen LogP contribution in [0.3, 0.4) is 0 Å². The number of carbonyl (C=O) groups is 1. The van der Waals surface area contributed by atoms with Crippen molar-refractivity contribution < 1.29 is 23.8 Å². The summed E-state index contributed by atoms with van der Waals surface area (Å²) in [6.45, 7) is 1.33. The van der Waals surface area contributed by atoms with Gasteiger partial charge in [0, 0.05) is 25.1 Å². The molecule has 1 spiro atoms. The minimum Gasteiger partial charge on any atom is -0.493 e. The van der Waals surface area contributed by atoms with Crippen LogP contribution in [0.25, 0.3) is 10.9 Å². The third kappa shape index (κ3) is 4.09. The molecule has 1 saturated carbocycles. The summed E-state index contributed by atoms with van der Waals surface area (Å²) < 4.78 is 29.9. The second-order valence-electron chi connectivity index (χ2n) is 11.6. The Bertz CT molecular complexity index is 1780. The van der Waals surface area contributed by atoms with E-state index in [0.29, 0.717) is 25.1 Å². The Morgan fingerprint density at radius 1 is 1.12 bits per heavy atom. The number of nitrogens with two attached hydrogens (primary N) is 1. The van der Waals surface area contributed by atoms with Crippen molar-refractivity contribution in [3.05, 3.63) is 93.0 Å². The van der Waals surface area contributed by atoms with Gasteiger partial charge in [-0.05, 0) is 42.0 Å². The Morgan fingerprint density at radius 3 is 2.67 bits per heavy atom. The molecule has 0 bridgehead atoms. The van der Waals surface area contributed by atoms with E-state index in [4.69, 9.17) is 15.2 Å². The molecule has 7 rings (SSSR count). The molecular weight excluding hydrogens is 537 g/mol. The molecular formula is C33H32FN3O5. The number of nitrogens with one attached hydrogen (secondary N) is 1. The second kappa shape index (κ2) is 10.1. The topological polar surface area (TPSA) is 116 Å². The number of hydrogen-bond acceptors (Lipinski definition) is 6. The molecule has 3 aliphatic rings. The van der Waals surface area contributed by atoms with Crippen molar-refractivity contribution in [2.75, 3.05) is 30.8 Å². The first-order chi connectivity index (χ1) is 20.4. The van der Waals surface area contributed by atoms with Crippen LogP contribution in [0.1, 0.15) is 65.1 Å². The highest BCUT2D eigenvalue weighted by Gasteiger charge is 2.43. The Labute approximate surface area is 241 Å². The Hall–Kier alpha value is -4.53. The molecule has 42 heavy (non-hydrogen) atoms. The normalized spacial score (nSPS) is 17.1. The van der Waals surface area contributed by atoms with E-state index < -0.39 is 28.3 Å². The van der Waals surface area contributed by atoms with Crippen LogP contribution in [0, 0.1) is 5.82 Å². The lowest BCUT2D eigenvalue weighted by Gasteiger charge is -2.39. The smallest absolute Gasteiger partial charge is 0.341 e. The third-order valence-electron chi connectivity index (χ3n) is 9.20. The summed E-state index contributed by atoms with van der Waals surface area (Å²) in [7, 11) is 0. The Kier molecular flexibility index (Phi) is 6.33. The van der Waals surface area contributed by atoms with Gasteiger partial charge in [-0.1, -0.05) is 55.3 Å². The first-order valence-corrected chi connectivity index (χ1v) is 14.5. The fourth-order valence-electron chi connectivity index (χ4n) is 7.02. The number of fused-ring (bicyclic) bond motifs is 2. The van der Waals surface area contributed by atoms with Crippen LogP contribution in [0.2, 0.25) is 0 Å². The van der Waals surface area contributed by atoms with Crippen molar-refractivity contribution in [2.24, 2.45) is 0 Å². The zero-order chi connectivity index (χ0) is 29.0. The lowest BCUT2D eigenvalue weighted by molar-refractivity contribution is 0.0692. The van der Waals surface area contributed by atoms with Crippen LogP contribution in [0.5, 0.6) is 11.5 Å². The van der Waals surface area contributed by atoms with Gasteiger partial charge >= 0.3 is 5.97 Å². The van der Waals surface area contributed by atoms with Gasteiger partial charge in [-0.2, -0.15) is 0 Å². The number of carboxylic acids is 1. The summed E-state index contributed by atoms with van der Waals surface area (Å²) in [5.41, 5.74) is 8.06. The summed E-state index contributed by atoms with van der Waals surface area (Å²) in [6, 6.07) is 16.5. The molecule has 1 aromatic heterocycles. The van der Waals surface area contributed by atoms with Gasteiger partial charge in [-0.25, -0.2) is 9.18 Å². The molecule has 0 amide bonds. The van der Waals surface area contributed by atoms with E-state index in [2.05, 4.69) is 35.6 Å². The van der Waals surface area contributed by atoms with E-state index in [1.54, 1.807) is 0 Å². The maximum atomic E-state index is 16.0. The molecule has 1 fully saturated rings. The molecule has 3 heterocycles. The number of carboxylic acid groups (broad SMARTS) is 1. The monoisotopic (exact) mass is 569 g/mol. The Morgan fingerprint density at radius 2 is 1.90 bits per heavy atom. The SMILES string of the molecule is Nc1c(F)c(NCCC(c2ccccc2)c2ccc3c(c2)OCC3)c2c3c1c(=O)c(C(=O)O)cn3C1(CCCC1)CO2. The van der Waals surface area contributed by atoms with Crippen molar-refractivity contribution in [1.29, 1.82) is 0 Å². The number of hydrogen-bond donors (Lipinski definition) is 3. The van der Waals surface area contributed by atoms with E-state index >= 15 is 4.39 Å². The van der Waals surface area contributed by atoms with Crippen LogP contribution in [-0.2, 0) is 12.0 Å². The molecule has 4 aromatic rings. The number of aromatic carboxylic acids is 1. The minimum absolute atomic E-state index is 0.0180. The summed E-state index contributed by atoms with van der Waals surface area (Å²) in [4.78, 5) is 25.3. The molecule has 4 N–H and O–H groups in total. The van der Waals surface area contributed by atoms with E-state index in [1.165, 1.54) is 11.8 Å². The van der Waals surface area contributed by atoms with Crippen LogP contribution >= 0.6 is 0 Å². The molecule has 9 heteroatoms. The van der Waals surface area contributed by atoms with Crippen LogP contribution in [0.15, 0.2) is 59.5 Å². The molecule has 216 valence electrons. The predicted molar refractivity (Wildman–Crippen MR) is 159 cm³/mol. The first kappa shape index (κ1) is 26.4. The van der Waals surface area contributed by atoms with Gasteiger partial charge in [0.2, 0.25) is 5.43 Å². The van der Waals surface area contributed by atoms with Gasteiger partial charge in [0.05, 0.1) is 28.7 Å². The van der Waals surface area contributed by atoms with Crippen molar-refractivity contribution in [1.82, 2.24) is 4.57 Å². The zero-order valence-corrected chi connectivity index (χ0v) is 23.1. The van der Waals surface area contributed by atoms with Crippen LogP contribution in [-0.4, -0.2) is 35.4 Å². The number of nitrogen functional groups attached to an aromatic ring is 1. The molecule has 0 saturated heterocycles. The number of halogens is 1. The van der Waals surface area contributed by atoms with Gasteiger partial charge in [-0.15, -0.1) is 0 Å². The molecule has 2 aliphatic heterocycles. The molecule has 8 nitrogen and oxygen atoms in total. The summed E-state index contributed by atoms with van der Waals surface area (Å²) in [6.07, 6.45) is 6.37. The molecule has 3 aromatic carbocycles. The highest BCUT2D eigenvalue weighted by molar-refractivity contribution is 6.03. The van der Waals surface area contributed by atoms with Crippen molar-refractivity contribution in [2.45, 2.75) is 50.0 Å². The maximum absolute atomic E-state index is 16.0. The Balaban J connectivity index is 1.28. The number of ether oxygens (including phenoxy) is 2. The number of aromatic nitrogens is 1. The van der Waals surface area contributed by atoms with E-state index in [0.717, 1.165) is 49.0 Å². The molecule has 1 unspecified atom stereocenters. The van der Waals surface area contributed by atoms with Gasteiger partial charge in [0.1, 0.15) is 23.6 Å². The van der Waals surface area contributed by atoms with Gasteiger partial charge in [-0.3, -0.25) is 4.79 Å².